The van der Waals surface area contributed by atoms with Crippen LogP contribution in [0.1, 0.15) is 19.4 Å². The first kappa shape index (κ1) is 29.7. The van der Waals surface area contributed by atoms with E-state index in [1.807, 2.05) is 0 Å². The first-order valence-electron chi connectivity index (χ1n) is 11.1. The maximum absolute atomic E-state index is 13.0. The summed E-state index contributed by atoms with van der Waals surface area (Å²) in [6, 6.07) is 7.95. The Bertz CT molecular complexity index is 1410. The summed E-state index contributed by atoms with van der Waals surface area (Å²) in [4.78, 5) is 59.8. The molecule has 0 N–H and O–H groups in total. The van der Waals surface area contributed by atoms with E-state index in [1.165, 1.54) is 43.3 Å². The van der Waals surface area contributed by atoms with Crippen LogP contribution in [-0.4, -0.2) is 29.8 Å². The second-order valence-corrected chi connectivity index (χ2v) is 7.41. The molecule has 0 atom stereocenters. The van der Waals surface area contributed by atoms with E-state index in [0.717, 1.165) is 24.3 Å². The van der Waals surface area contributed by atoms with Crippen molar-refractivity contribution < 1.29 is 47.7 Å². The molecule has 200 valence electrons. The van der Waals surface area contributed by atoms with Crippen molar-refractivity contribution in [2.45, 2.75) is 13.8 Å². The summed E-state index contributed by atoms with van der Waals surface area (Å²) < 4.78 is 25.9. The molecule has 2 rings (SSSR count). The van der Waals surface area contributed by atoms with Crippen molar-refractivity contribution in [3.63, 3.8) is 0 Å². The Hall–Kier alpha value is -5.51. The number of carbonyl (C=O) groups is 5. The molecule has 0 saturated carbocycles. The molecule has 0 radical (unpaired) electrons. The lowest BCUT2D eigenvalue weighted by Gasteiger charge is -2.15. The maximum atomic E-state index is 13.0. The van der Waals surface area contributed by atoms with E-state index in [4.69, 9.17) is 23.7 Å². The lowest BCUT2D eigenvalue weighted by molar-refractivity contribution is -0.132. The highest BCUT2D eigenvalue weighted by Crippen LogP contribution is 2.35. The third kappa shape index (κ3) is 8.25. The molecule has 0 aliphatic heterocycles. The molecular weight excluding hydrogens is 508 g/mol. The number of ether oxygens (including phenoxy) is 5. The van der Waals surface area contributed by atoms with Crippen LogP contribution in [0.3, 0.4) is 0 Å². The molecule has 0 spiro atoms. The van der Waals surface area contributed by atoms with Crippen LogP contribution < -0.4 is 23.7 Å². The van der Waals surface area contributed by atoms with Crippen LogP contribution in [-0.2, 0) is 24.0 Å². The van der Waals surface area contributed by atoms with Gasteiger partial charge >= 0.3 is 29.8 Å². The molecule has 39 heavy (non-hydrogen) atoms. The molecule has 2 aromatic carbocycles. The minimum Gasteiger partial charge on any atom is -0.423 e. The SMILES string of the molecule is C=CC(=O)Oc1ccc(OC(=O)/C(C)=C(\C)c2ccc(OC(=O)C=C)cc2OC(=O)C=C)c(OC(=O)C=C)c1. The number of allylic oxidation sites excluding steroid dienone is 1. The van der Waals surface area contributed by atoms with Gasteiger partial charge < -0.3 is 23.7 Å². The Balaban J connectivity index is 2.46. The van der Waals surface area contributed by atoms with Gasteiger partial charge in [-0.15, -0.1) is 0 Å². The lowest BCUT2D eigenvalue weighted by Crippen LogP contribution is -2.13. The predicted molar refractivity (Wildman–Crippen MR) is 140 cm³/mol. The van der Waals surface area contributed by atoms with Crippen LogP contribution >= 0.6 is 0 Å². The van der Waals surface area contributed by atoms with Crippen LogP contribution in [0.15, 0.2) is 92.6 Å². The van der Waals surface area contributed by atoms with E-state index in [1.54, 1.807) is 6.92 Å². The largest absolute Gasteiger partial charge is 0.423 e. The number of hydrogen-bond donors (Lipinski definition) is 0. The van der Waals surface area contributed by atoms with Gasteiger partial charge in [-0.05, 0) is 43.7 Å². The third-order valence-electron chi connectivity index (χ3n) is 4.87. The predicted octanol–water partition coefficient (Wildman–Crippen LogP) is 4.45. The van der Waals surface area contributed by atoms with E-state index in [2.05, 4.69) is 26.3 Å². The van der Waals surface area contributed by atoms with Crippen LogP contribution in [0, 0.1) is 0 Å². The average Bonchev–Trinajstić information content (AvgIpc) is 2.93. The van der Waals surface area contributed by atoms with Gasteiger partial charge in [0.2, 0.25) is 0 Å². The smallest absolute Gasteiger partial charge is 0.339 e. The minimum absolute atomic E-state index is 0.000858. The molecule has 0 aromatic heterocycles. The second-order valence-electron chi connectivity index (χ2n) is 7.41. The van der Waals surface area contributed by atoms with E-state index >= 15 is 0 Å². The van der Waals surface area contributed by atoms with Crippen LogP contribution in [0.4, 0.5) is 0 Å². The number of benzene rings is 2. The van der Waals surface area contributed by atoms with Gasteiger partial charge in [0.15, 0.2) is 11.5 Å². The Morgan fingerprint density at radius 3 is 1.51 bits per heavy atom. The second kappa shape index (κ2) is 13.7. The zero-order valence-electron chi connectivity index (χ0n) is 21.2. The first-order chi connectivity index (χ1) is 18.5. The van der Waals surface area contributed by atoms with Gasteiger partial charge in [-0.1, -0.05) is 26.3 Å². The van der Waals surface area contributed by atoms with Gasteiger partial charge in [0, 0.05) is 47.6 Å². The van der Waals surface area contributed by atoms with Gasteiger partial charge in [-0.25, -0.2) is 24.0 Å². The molecule has 10 heteroatoms. The van der Waals surface area contributed by atoms with Crippen molar-refractivity contribution >= 4 is 35.4 Å². The molecule has 0 aliphatic carbocycles. The maximum Gasteiger partial charge on any atom is 0.339 e. The third-order valence-corrected chi connectivity index (χ3v) is 4.87. The van der Waals surface area contributed by atoms with Crippen LogP contribution in [0.25, 0.3) is 5.57 Å². The van der Waals surface area contributed by atoms with E-state index in [0.29, 0.717) is 11.1 Å². The van der Waals surface area contributed by atoms with Crippen molar-refractivity contribution in [1.29, 1.82) is 0 Å². The lowest BCUT2D eigenvalue weighted by atomic mass is 10.0. The van der Waals surface area contributed by atoms with Crippen molar-refractivity contribution in [2.24, 2.45) is 0 Å². The summed E-state index contributed by atoms with van der Waals surface area (Å²) in [5.41, 5.74) is 0.738. The van der Waals surface area contributed by atoms with Gasteiger partial charge in [-0.2, -0.15) is 0 Å². The fourth-order valence-corrected chi connectivity index (χ4v) is 2.82. The average molecular weight is 533 g/mol. The van der Waals surface area contributed by atoms with E-state index < -0.39 is 29.8 Å². The molecule has 0 bridgehead atoms. The van der Waals surface area contributed by atoms with E-state index in [9.17, 15) is 24.0 Å². The summed E-state index contributed by atoms with van der Waals surface area (Å²) in [6.45, 7) is 16.3. The first-order valence-corrected chi connectivity index (χ1v) is 11.1. The Labute approximate surface area is 224 Å². The molecule has 10 nitrogen and oxygen atoms in total. The minimum atomic E-state index is -0.853. The number of rotatable bonds is 11. The van der Waals surface area contributed by atoms with Crippen molar-refractivity contribution in [3.05, 3.63) is 98.2 Å². The number of hydrogen-bond acceptors (Lipinski definition) is 10. The molecule has 0 amide bonds. The highest BCUT2D eigenvalue weighted by Gasteiger charge is 2.20. The Morgan fingerprint density at radius 1 is 0.564 bits per heavy atom. The van der Waals surface area contributed by atoms with Gasteiger partial charge in [0.25, 0.3) is 0 Å². The molecule has 0 aliphatic rings. The summed E-state index contributed by atoms with van der Waals surface area (Å²) in [5, 5.41) is 0. The topological polar surface area (TPSA) is 132 Å². The zero-order chi connectivity index (χ0) is 29.1. The van der Waals surface area contributed by atoms with Gasteiger partial charge in [-0.3, -0.25) is 0 Å². The quantitative estimate of drug-likeness (QED) is 0.232. The number of esters is 5. The van der Waals surface area contributed by atoms with Crippen molar-refractivity contribution in [3.8, 4) is 28.7 Å². The van der Waals surface area contributed by atoms with E-state index in [-0.39, 0.29) is 34.3 Å². The molecular formula is C29H24O10. The standard InChI is InChI=1S/C29H24O10/c1-7-25(30)35-19-11-13-21(23(15-19)37-27(32)9-3)17(5)18(6)29(34)39-22-14-12-20(36-26(31)8-2)16-24(22)38-28(33)10-4/h7-16H,1-4H2,5-6H3/b18-17+. The fraction of sp³-hybridized carbons (Fsp3) is 0.0690. The normalized spacial score (nSPS) is 10.6. The molecule has 0 unspecified atom stereocenters. The van der Waals surface area contributed by atoms with Crippen LogP contribution in [0.5, 0.6) is 28.7 Å². The Kier molecular flexibility index (Phi) is 10.4. The fourth-order valence-electron chi connectivity index (χ4n) is 2.82. The zero-order valence-corrected chi connectivity index (χ0v) is 21.2. The molecule has 0 heterocycles. The molecule has 0 saturated heterocycles. The van der Waals surface area contributed by atoms with Gasteiger partial charge in [0.05, 0.1) is 0 Å². The summed E-state index contributed by atoms with van der Waals surface area (Å²) in [6.07, 6.45) is 3.74. The number of carbonyl (C=O) groups excluding carboxylic acids is 5. The van der Waals surface area contributed by atoms with Crippen molar-refractivity contribution in [1.82, 2.24) is 0 Å². The highest BCUT2D eigenvalue weighted by atomic mass is 16.6. The highest BCUT2D eigenvalue weighted by molar-refractivity contribution is 5.99. The molecule has 2 aromatic rings. The summed E-state index contributed by atoms with van der Waals surface area (Å²) >= 11 is 0. The molecule has 0 fully saturated rings. The van der Waals surface area contributed by atoms with Gasteiger partial charge in [0.1, 0.15) is 17.2 Å². The summed E-state index contributed by atoms with van der Waals surface area (Å²) in [7, 11) is 0. The van der Waals surface area contributed by atoms with Crippen LogP contribution in [0.2, 0.25) is 0 Å². The monoisotopic (exact) mass is 532 g/mol. The Morgan fingerprint density at radius 2 is 1.00 bits per heavy atom. The van der Waals surface area contributed by atoms with Crippen molar-refractivity contribution in [2.75, 3.05) is 0 Å². The summed E-state index contributed by atoms with van der Waals surface area (Å²) in [5.74, 6) is -4.31.